The Labute approximate surface area is 227 Å². The molecule has 8 fully saturated rings. The van der Waals surface area contributed by atoms with Crippen LogP contribution in [0, 0.1) is 40.4 Å². The van der Waals surface area contributed by atoms with Gasteiger partial charge in [0, 0.05) is 28.7 Å². The number of fused-ring (bicyclic) bond motifs is 3. The van der Waals surface area contributed by atoms with Gasteiger partial charge in [-0.3, -0.25) is 9.59 Å². The van der Waals surface area contributed by atoms with Gasteiger partial charge < -0.3 is 15.5 Å². The molecule has 2 amide bonds. The molecule has 0 aromatic carbocycles. The molecular formula is C29H38FN5O2S. The van der Waals surface area contributed by atoms with Crippen LogP contribution in [0.3, 0.4) is 0 Å². The molecule has 38 heavy (non-hydrogen) atoms. The number of hydrogen-bond acceptors (Lipinski definition) is 6. The van der Waals surface area contributed by atoms with Crippen LogP contribution in [0.2, 0.25) is 0 Å². The maximum atomic E-state index is 13.7. The number of hydrogen-bond donors (Lipinski definition) is 2. The van der Waals surface area contributed by atoms with Crippen molar-refractivity contribution in [2.45, 2.75) is 101 Å². The van der Waals surface area contributed by atoms with Gasteiger partial charge in [-0.05, 0) is 94.3 Å². The summed E-state index contributed by atoms with van der Waals surface area (Å²) >= 11 is 1.59. The second kappa shape index (κ2) is 9.26. The molecule has 9 heteroatoms. The number of likely N-dealkylation sites (tertiary alicyclic amines) is 1. The summed E-state index contributed by atoms with van der Waals surface area (Å²) in [5.41, 5.74) is 0.708. The lowest BCUT2D eigenvalue weighted by Gasteiger charge is -2.54. The van der Waals surface area contributed by atoms with Crippen LogP contribution in [-0.2, 0) is 9.59 Å². The number of nitrogens with one attached hydrogen (secondary N) is 2. The zero-order valence-electron chi connectivity index (χ0n) is 22.0. The number of rotatable bonds is 6. The molecular weight excluding hydrogens is 501 g/mol. The van der Waals surface area contributed by atoms with E-state index in [1.54, 1.807) is 11.3 Å². The van der Waals surface area contributed by atoms with E-state index < -0.39 is 12.2 Å². The van der Waals surface area contributed by atoms with Gasteiger partial charge in [-0.25, -0.2) is 9.37 Å². The summed E-state index contributed by atoms with van der Waals surface area (Å²) < 4.78 is 13.7. The van der Waals surface area contributed by atoms with Crippen LogP contribution >= 0.6 is 11.3 Å². The van der Waals surface area contributed by atoms with Gasteiger partial charge in [-0.2, -0.15) is 5.26 Å². The molecule has 0 radical (unpaired) electrons. The first kappa shape index (κ1) is 25.0. The highest BCUT2D eigenvalue weighted by molar-refractivity contribution is 7.13. The van der Waals surface area contributed by atoms with E-state index in [1.165, 1.54) is 42.7 Å². The van der Waals surface area contributed by atoms with Crippen molar-refractivity contribution in [1.29, 1.82) is 5.26 Å². The Morgan fingerprint density at radius 2 is 1.71 bits per heavy atom. The quantitative estimate of drug-likeness (QED) is 0.543. The van der Waals surface area contributed by atoms with Crippen LogP contribution in [0.1, 0.15) is 88.7 Å². The molecule has 1 aliphatic heterocycles. The maximum absolute atomic E-state index is 13.7. The Hall–Kier alpha value is -2.05. The summed E-state index contributed by atoms with van der Waals surface area (Å²) in [6, 6.07) is 1.39. The van der Waals surface area contributed by atoms with E-state index in [-0.39, 0.29) is 42.3 Å². The topological polar surface area (TPSA) is 98.1 Å². The number of carbonyl (C=O) groups is 2. The lowest BCUT2D eigenvalue weighted by atomic mass is 9.51. The predicted octanol–water partition coefficient (Wildman–Crippen LogP) is 4.77. The van der Waals surface area contributed by atoms with Crippen molar-refractivity contribution in [1.82, 2.24) is 15.2 Å². The summed E-state index contributed by atoms with van der Waals surface area (Å²) in [7, 11) is 0. The summed E-state index contributed by atoms with van der Waals surface area (Å²) in [5, 5.41) is 18.9. The minimum Gasteiger partial charge on any atom is -0.323 e. The largest absolute Gasteiger partial charge is 0.323 e. The molecule has 7 aliphatic carbocycles. The van der Waals surface area contributed by atoms with Gasteiger partial charge in [-0.15, -0.1) is 11.3 Å². The van der Waals surface area contributed by atoms with Crippen LogP contribution in [0.15, 0.2) is 5.38 Å². The fourth-order valence-corrected chi connectivity index (χ4v) is 10.2. The van der Waals surface area contributed by atoms with Gasteiger partial charge in [0.05, 0.1) is 24.9 Å². The number of thiazole rings is 1. The van der Waals surface area contributed by atoms with Crippen LogP contribution in [0.5, 0.6) is 0 Å². The van der Waals surface area contributed by atoms with Crippen molar-refractivity contribution in [3.05, 3.63) is 11.1 Å². The van der Waals surface area contributed by atoms with Crippen molar-refractivity contribution in [2.24, 2.45) is 29.1 Å². The van der Waals surface area contributed by atoms with Crippen LogP contribution in [0.25, 0.3) is 0 Å². The second-order valence-corrected chi connectivity index (χ2v) is 14.3. The van der Waals surface area contributed by atoms with E-state index in [2.05, 4.69) is 22.1 Å². The molecule has 0 unspecified atom stereocenters. The number of aromatic nitrogens is 1. The molecule has 1 aromatic heterocycles. The Morgan fingerprint density at radius 1 is 1.05 bits per heavy atom. The van der Waals surface area contributed by atoms with Crippen LogP contribution in [-0.4, -0.2) is 52.5 Å². The minimum atomic E-state index is -1.12. The molecule has 2 heterocycles. The zero-order valence-corrected chi connectivity index (χ0v) is 22.8. The third-order valence-corrected chi connectivity index (χ3v) is 12.1. The van der Waals surface area contributed by atoms with E-state index in [0.717, 1.165) is 67.3 Å². The zero-order chi connectivity index (χ0) is 26.1. The highest BCUT2D eigenvalue weighted by atomic mass is 32.1. The number of halogens is 1. The first-order chi connectivity index (χ1) is 18.4. The number of nitriles is 1. The van der Waals surface area contributed by atoms with Gasteiger partial charge in [0.1, 0.15) is 12.2 Å². The number of nitrogens with zero attached hydrogens (tertiary/aromatic N) is 3. The Balaban J connectivity index is 0.944. The monoisotopic (exact) mass is 539 g/mol. The van der Waals surface area contributed by atoms with Gasteiger partial charge in [0.25, 0.3) is 0 Å². The Kier molecular flexibility index (Phi) is 6.08. The average molecular weight is 540 g/mol. The molecule has 2 atom stereocenters. The molecule has 2 N–H and O–H groups in total. The summed E-state index contributed by atoms with van der Waals surface area (Å²) in [6.45, 7) is 0.132. The molecule has 204 valence electrons. The Morgan fingerprint density at radius 3 is 2.34 bits per heavy atom. The predicted molar refractivity (Wildman–Crippen MR) is 142 cm³/mol. The van der Waals surface area contributed by atoms with Crippen LogP contribution in [0.4, 0.5) is 9.52 Å². The van der Waals surface area contributed by atoms with Gasteiger partial charge in [0.15, 0.2) is 5.13 Å². The van der Waals surface area contributed by atoms with Crippen molar-refractivity contribution in [2.75, 3.05) is 18.4 Å². The van der Waals surface area contributed by atoms with Crippen LogP contribution < -0.4 is 10.6 Å². The smallest absolute Gasteiger partial charge is 0.237 e. The number of carbonyl (C=O) groups excluding carboxylic acids is 2. The fourth-order valence-electron chi connectivity index (χ4n) is 9.47. The van der Waals surface area contributed by atoms with Gasteiger partial charge in [0.2, 0.25) is 11.8 Å². The fraction of sp³-hybridized carbons (Fsp3) is 0.793. The summed E-state index contributed by atoms with van der Waals surface area (Å²) in [5.74, 6) is 3.95. The SMILES string of the molecule is N#C[C@@H]1C[C@H](F)CN1C(=O)CNC12CCC(C(=O)Nc3nc(C4C5CC6CC(C5)CC4C6)cs3)(CC1)CC2. The highest BCUT2D eigenvalue weighted by Gasteiger charge is 2.53. The van der Waals surface area contributed by atoms with Gasteiger partial charge in [-0.1, -0.05) is 0 Å². The minimum absolute atomic E-state index is 0.0105. The summed E-state index contributed by atoms with van der Waals surface area (Å²) in [4.78, 5) is 32.6. The molecule has 1 saturated heterocycles. The second-order valence-electron chi connectivity index (χ2n) is 13.4. The third-order valence-electron chi connectivity index (χ3n) is 11.4. The number of alkyl halides is 1. The lowest BCUT2D eigenvalue weighted by Crippen LogP contribution is -2.59. The molecule has 8 aliphatic rings. The Bertz CT molecular complexity index is 1110. The van der Waals surface area contributed by atoms with Gasteiger partial charge >= 0.3 is 0 Å². The number of anilines is 1. The van der Waals surface area contributed by atoms with E-state index in [4.69, 9.17) is 4.98 Å². The van der Waals surface area contributed by atoms with Crippen molar-refractivity contribution >= 4 is 28.3 Å². The van der Waals surface area contributed by atoms with Crippen molar-refractivity contribution < 1.29 is 14.0 Å². The molecule has 6 bridgehead atoms. The van der Waals surface area contributed by atoms with Crippen molar-refractivity contribution in [3.8, 4) is 6.07 Å². The molecule has 7 nitrogen and oxygen atoms in total. The van der Waals surface area contributed by atoms with Crippen molar-refractivity contribution in [3.63, 3.8) is 0 Å². The van der Waals surface area contributed by atoms with E-state index in [0.29, 0.717) is 5.92 Å². The number of amides is 2. The molecule has 1 aromatic rings. The third kappa shape index (κ3) is 4.18. The highest BCUT2D eigenvalue weighted by Crippen LogP contribution is 2.60. The molecule has 0 spiro atoms. The van der Waals surface area contributed by atoms with E-state index >= 15 is 0 Å². The normalized spacial score (nSPS) is 42.8. The lowest BCUT2D eigenvalue weighted by molar-refractivity contribution is -0.135. The van der Waals surface area contributed by atoms with E-state index in [9.17, 15) is 19.2 Å². The average Bonchev–Trinajstić information content (AvgIpc) is 3.54. The van der Waals surface area contributed by atoms with E-state index in [1.807, 2.05) is 0 Å². The summed E-state index contributed by atoms with van der Waals surface area (Å²) in [6.07, 6.45) is 10.8. The maximum Gasteiger partial charge on any atom is 0.237 e. The molecule has 7 saturated carbocycles. The first-order valence-electron chi connectivity index (χ1n) is 14.7. The standard InChI is InChI=1S/C29H38FN5O2S/c30-21-12-22(13-31)35(15-21)24(36)14-32-29-4-1-28(2-5-29,3-6-29)26(37)34-27-33-23(16-38-27)25-19-8-17-7-18(10-19)11-20(25)9-17/h16-22,25,32H,1-12,14-15H2,(H,33,34,37)/t17?,18?,19?,20?,21-,22-,25?,28?,29?/m0/s1. The molecule has 9 rings (SSSR count). The first-order valence-corrected chi connectivity index (χ1v) is 15.6.